The third-order valence-corrected chi connectivity index (χ3v) is 3.74. The van der Waals surface area contributed by atoms with Crippen LogP contribution < -0.4 is 15.4 Å². The van der Waals surface area contributed by atoms with Crippen LogP contribution in [-0.2, 0) is 0 Å². The van der Waals surface area contributed by atoms with Crippen LogP contribution >= 0.6 is 12.2 Å². The van der Waals surface area contributed by atoms with Gasteiger partial charge in [-0.2, -0.15) is 5.26 Å². The quantitative estimate of drug-likeness (QED) is 0.752. The first-order valence-corrected chi connectivity index (χ1v) is 8.74. The van der Waals surface area contributed by atoms with Crippen molar-refractivity contribution >= 4 is 28.9 Å². The highest BCUT2D eigenvalue weighted by molar-refractivity contribution is 7.80. The number of benzene rings is 2. The van der Waals surface area contributed by atoms with E-state index in [0.29, 0.717) is 35.1 Å². The van der Waals surface area contributed by atoms with E-state index in [4.69, 9.17) is 22.2 Å². The number of amides is 1. The topological polar surface area (TPSA) is 74.2 Å². The fourth-order valence-electron chi connectivity index (χ4n) is 2.14. The Labute approximate surface area is 159 Å². The van der Waals surface area contributed by atoms with Gasteiger partial charge < -0.3 is 10.1 Å². The SMILES string of the molecule is CC(C)CCOc1cccc(C(=O)NC(=S)Nc2cccc(C#N)c2)c1. The average molecular weight is 367 g/mol. The minimum atomic E-state index is -0.326. The Balaban J connectivity index is 1.94. The van der Waals surface area contributed by atoms with Crippen LogP contribution in [0.3, 0.4) is 0 Å². The van der Waals surface area contributed by atoms with Crippen LogP contribution in [0.4, 0.5) is 5.69 Å². The van der Waals surface area contributed by atoms with Crippen LogP contribution in [0.15, 0.2) is 48.5 Å². The Morgan fingerprint density at radius 1 is 1.23 bits per heavy atom. The molecular formula is C20H21N3O2S. The summed E-state index contributed by atoms with van der Waals surface area (Å²) in [6.45, 7) is 4.87. The molecule has 2 aromatic carbocycles. The Morgan fingerprint density at radius 3 is 2.73 bits per heavy atom. The van der Waals surface area contributed by atoms with E-state index >= 15 is 0 Å². The Hall–Kier alpha value is -2.91. The molecule has 0 unspecified atom stereocenters. The van der Waals surface area contributed by atoms with Gasteiger partial charge in [-0.1, -0.05) is 26.0 Å². The molecule has 6 heteroatoms. The molecule has 0 atom stereocenters. The van der Waals surface area contributed by atoms with Crippen LogP contribution in [0.2, 0.25) is 0 Å². The van der Waals surface area contributed by atoms with Gasteiger partial charge in [-0.15, -0.1) is 0 Å². The van der Waals surface area contributed by atoms with Crippen molar-refractivity contribution in [1.82, 2.24) is 5.32 Å². The zero-order valence-electron chi connectivity index (χ0n) is 14.8. The lowest BCUT2D eigenvalue weighted by molar-refractivity contribution is 0.0977. The van der Waals surface area contributed by atoms with Gasteiger partial charge in [-0.3, -0.25) is 10.1 Å². The maximum atomic E-state index is 12.4. The number of nitrogens with one attached hydrogen (secondary N) is 2. The molecule has 0 aromatic heterocycles. The van der Waals surface area contributed by atoms with Crippen molar-refractivity contribution in [3.8, 4) is 11.8 Å². The van der Waals surface area contributed by atoms with E-state index in [1.807, 2.05) is 6.07 Å². The maximum Gasteiger partial charge on any atom is 0.257 e. The number of thiocarbonyl (C=S) groups is 1. The van der Waals surface area contributed by atoms with E-state index < -0.39 is 0 Å². The zero-order valence-corrected chi connectivity index (χ0v) is 15.6. The highest BCUT2D eigenvalue weighted by Gasteiger charge is 2.09. The van der Waals surface area contributed by atoms with Gasteiger partial charge >= 0.3 is 0 Å². The molecule has 0 spiro atoms. The maximum absolute atomic E-state index is 12.4. The van der Waals surface area contributed by atoms with E-state index in [2.05, 4.69) is 30.6 Å². The molecule has 0 aliphatic rings. The molecule has 5 nitrogen and oxygen atoms in total. The van der Waals surface area contributed by atoms with Crippen LogP contribution in [0.1, 0.15) is 36.2 Å². The van der Waals surface area contributed by atoms with Crippen molar-refractivity contribution in [3.63, 3.8) is 0 Å². The molecule has 0 radical (unpaired) electrons. The van der Waals surface area contributed by atoms with E-state index in [1.54, 1.807) is 42.5 Å². The van der Waals surface area contributed by atoms with E-state index in [9.17, 15) is 4.79 Å². The number of ether oxygens (including phenoxy) is 1. The molecule has 2 aromatic rings. The molecule has 134 valence electrons. The van der Waals surface area contributed by atoms with E-state index in [1.165, 1.54) is 0 Å². The number of nitrogens with zero attached hydrogens (tertiary/aromatic N) is 1. The van der Waals surface area contributed by atoms with Gasteiger partial charge in [0.05, 0.1) is 18.2 Å². The normalized spacial score (nSPS) is 10.1. The summed E-state index contributed by atoms with van der Waals surface area (Å²) in [6.07, 6.45) is 0.951. The summed E-state index contributed by atoms with van der Waals surface area (Å²) in [7, 11) is 0. The Bertz CT molecular complexity index is 828. The lowest BCUT2D eigenvalue weighted by Crippen LogP contribution is -2.34. The highest BCUT2D eigenvalue weighted by Crippen LogP contribution is 2.15. The first kappa shape index (κ1) is 19.4. The predicted molar refractivity (Wildman–Crippen MR) is 106 cm³/mol. The molecule has 0 fully saturated rings. The minimum Gasteiger partial charge on any atom is -0.494 e. The van der Waals surface area contributed by atoms with E-state index in [0.717, 1.165) is 6.42 Å². The molecule has 1 amide bonds. The monoisotopic (exact) mass is 367 g/mol. The lowest BCUT2D eigenvalue weighted by Gasteiger charge is -2.11. The van der Waals surface area contributed by atoms with Gasteiger partial charge in [0.15, 0.2) is 5.11 Å². The van der Waals surface area contributed by atoms with Gasteiger partial charge in [-0.25, -0.2) is 0 Å². The molecule has 0 bridgehead atoms. The first-order chi connectivity index (χ1) is 12.5. The number of nitriles is 1. The predicted octanol–water partition coefficient (Wildman–Crippen LogP) is 4.11. The number of carbonyl (C=O) groups excluding carboxylic acids is 1. The van der Waals surface area contributed by atoms with Gasteiger partial charge in [0, 0.05) is 11.3 Å². The largest absolute Gasteiger partial charge is 0.494 e. The average Bonchev–Trinajstić information content (AvgIpc) is 2.61. The summed E-state index contributed by atoms with van der Waals surface area (Å²) >= 11 is 5.17. The smallest absolute Gasteiger partial charge is 0.257 e. The molecule has 26 heavy (non-hydrogen) atoms. The highest BCUT2D eigenvalue weighted by atomic mass is 32.1. The van der Waals surface area contributed by atoms with Gasteiger partial charge in [0.25, 0.3) is 5.91 Å². The lowest BCUT2D eigenvalue weighted by atomic mass is 10.1. The van der Waals surface area contributed by atoms with Crippen molar-refractivity contribution in [2.45, 2.75) is 20.3 Å². The minimum absolute atomic E-state index is 0.163. The zero-order chi connectivity index (χ0) is 18.9. The Kier molecular flexibility index (Phi) is 7.12. The van der Waals surface area contributed by atoms with Crippen LogP contribution in [0, 0.1) is 17.2 Å². The standard InChI is InChI=1S/C20H21N3O2S/c1-14(2)9-10-25-18-8-4-6-16(12-18)19(24)23-20(26)22-17-7-3-5-15(11-17)13-21/h3-8,11-12,14H,9-10H2,1-2H3,(H2,22,23,24,26). The number of hydrogen-bond donors (Lipinski definition) is 2. The van der Waals surface area contributed by atoms with Crippen molar-refractivity contribution in [3.05, 3.63) is 59.7 Å². The van der Waals surface area contributed by atoms with Gasteiger partial charge in [0.2, 0.25) is 0 Å². The summed E-state index contributed by atoms with van der Waals surface area (Å²) in [6, 6.07) is 15.9. The fourth-order valence-corrected chi connectivity index (χ4v) is 2.35. The van der Waals surface area contributed by atoms with Crippen molar-refractivity contribution in [2.24, 2.45) is 5.92 Å². The van der Waals surface area contributed by atoms with Gasteiger partial charge in [0.1, 0.15) is 5.75 Å². The third kappa shape index (κ3) is 6.19. The molecule has 0 aliphatic carbocycles. The summed E-state index contributed by atoms with van der Waals surface area (Å²) < 4.78 is 5.67. The molecule has 2 rings (SSSR count). The van der Waals surface area contributed by atoms with Crippen molar-refractivity contribution < 1.29 is 9.53 Å². The van der Waals surface area contributed by atoms with E-state index in [-0.39, 0.29) is 11.0 Å². The third-order valence-electron chi connectivity index (χ3n) is 3.54. The summed E-state index contributed by atoms with van der Waals surface area (Å²) in [4.78, 5) is 12.4. The molecule has 0 aliphatic heterocycles. The summed E-state index contributed by atoms with van der Waals surface area (Å²) in [5, 5.41) is 14.6. The second-order valence-electron chi connectivity index (χ2n) is 6.16. The van der Waals surface area contributed by atoms with Crippen molar-refractivity contribution in [1.29, 1.82) is 5.26 Å². The molecule has 0 saturated heterocycles. The van der Waals surface area contributed by atoms with Gasteiger partial charge in [-0.05, 0) is 61.0 Å². The van der Waals surface area contributed by atoms with Crippen molar-refractivity contribution in [2.75, 3.05) is 11.9 Å². The molecule has 0 saturated carbocycles. The summed E-state index contributed by atoms with van der Waals surface area (Å²) in [5.41, 5.74) is 1.61. The Morgan fingerprint density at radius 2 is 2.00 bits per heavy atom. The molecular weight excluding hydrogens is 346 g/mol. The van der Waals surface area contributed by atoms with Crippen LogP contribution in [0.25, 0.3) is 0 Å². The number of rotatable bonds is 6. The van der Waals surface area contributed by atoms with Crippen LogP contribution in [-0.4, -0.2) is 17.6 Å². The molecule has 2 N–H and O–H groups in total. The second kappa shape index (κ2) is 9.54. The number of anilines is 1. The summed E-state index contributed by atoms with van der Waals surface area (Å²) in [5.74, 6) is 0.886. The second-order valence-corrected chi connectivity index (χ2v) is 6.57. The number of carbonyl (C=O) groups is 1. The fraction of sp³-hybridized carbons (Fsp3) is 0.250. The number of hydrogen-bond acceptors (Lipinski definition) is 4. The first-order valence-electron chi connectivity index (χ1n) is 8.33. The van der Waals surface area contributed by atoms with Crippen LogP contribution in [0.5, 0.6) is 5.75 Å². The molecule has 0 heterocycles.